The first-order valence-corrected chi connectivity index (χ1v) is 8.03. The van der Waals surface area contributed by atoms with Crippen LogP contribution in [0.5, 0.6) is 5.19 Å². The van der Waals surface area contributed by atoms with Gasteiger partial charge >= 0.3 is 0 Å². The molecule has 0 atom stereocenters. The van der Waals surface area contributed by atoms with Crippen molar-refractivity contribution in [3.05, 3.63) is 21.1 Å². The number of hydrogen-bond acceptors (Lipinski definition) is 8. The van der Waals surface area contributed by atoms with Crippen molar-refractivity contribution in [2.45, 2.75) is 19.9 Å². The normalized spacial score (nSPS) is 10.9. The molecule has 0 amide bonds. The minimum absolute atomic E-state index is 0.606. The molecule has 0 saturated heterocycles. The van der Waals surface area contributed by atoms with Crippen molar-refractivity contribution in [3.8, 4) is 5.19 Å². The van der Waals surface area contributed by atoms with Gasteiger partial charge in [0.15, 0.2) is 0 Å². The number of methoxy groups -OCH3 is 1. The van der Waals surface area contributed by atoms with E-state index in [2.05, 4.69) is 20.5 Å². The number of hydrogen-bond donors (Lipinski definition) is 1. The molecular weight excluding hydrogens is 296 g/mol. The molecule has 6 nitrogen and oxygen atoms in total. The fraction of sp³-hybridized carbons (Fsp3) is 0.583. The number of ether oxygens (including phenoxy) is 2. The zero-order valence-electron chi connectivity index (χ0n) is 11.6. The Kier molecular flexibility index (Phi) is 6.31. The topological polar surface area (TPSA) is 69.2 Å². The van der Waals surface area contributed by atoms with E-state index in [1.54, 1.807) is 18.4 Å². The van der Waals surface area contributed by atoms with Crippen LogP contribution >= 0.6 is 22.7 Å². The second-order valence-corrected chi connectivity index (χ2v) is 6.05. The molecule has 2 heterocycles. The van der Waals surface area contributed by atoms with Gasteiger partial charge in [-0.3, -0.25) is 0 Å². The van der Waals surface area contributed by atoms with E-state index in [1.807, 2.05) is 12.4 Å². The van der Waals surface area contributed by atoms with Gasteiger partial charge in [0.1, 0.15) is 5.01 Å². The lowest BCUT2D eigenvalue weighted by Gasteiger charge is -2.00. The van der Waals surface area contributed by atoms with Crippen molar-refractivity contribution in [1.82, 2.24) is 20.5 Å². The zero-order valence-corrected chi connectivity index (χ0v) is 13.2. The SMILES string of the molecule is COCCNCc1nnc(OCCc2scnc2C)s1. The molecule has 0 aliphatic rings. The number of aryl methyl sites for hydroxylation is 1. The van der Waals surface area contributed by atoms with E-state index < -0.39 is 0 Å². The Morgan fingerprint density at radius 1 is 1.30 bits per heavy atom. The zero-order chi connectivity index (χ0) is 14.2. The van der Waals surface area contributed by atoms with Gasteiger partial charge in [0, 0.05) is 31.5 Å². The lowest BCUT2D eigenvalue weighted by molar-refractivity contribution is 0.199. The van der Waals surface area contributed by atoms with Gasteiger partial charge in [-0.1, -0.05) is 11.3 Å². The van der Waals surface area contributed by atoms with Crippen LogP contribution in [0.15, 0.2) is 5.51 Å². The molecule has 2 rings (SSSR count). The summed E-state index contributed by atoms with van der Waals surface area (Å²) in [6, 6.07) is 0. The molecule has 1 N–H and O–H groups in total. The van der Waals surface area contributed by atoms with Gasteiger partial charge in [0.25, 0.3) is 5.19 Å². The van der Waals surface area contributed by atoms with Crippen molar-refractivity contribution in [2.75, 3.05) is 26.9 Å². The fourth-order valence-corrected chi connectivity index (χ4v) is 2.98. The Morgan fingerprint density at radius 2 is 2.20 bits per heavy atom. The van der Waals surface area contributed by atoms with Crippen LogP contribution in [0.3, 0.4) is 0 Å². The Hall–Kier alpha value is -1.09. The summed E-state index contributed by atoms with van der Waals surface area (Å²) < 4.78 is 10.6. The second kappa shape index (κ2) is 8.25. The van der Waals surface area contributed by atoms with Gasteiger partial charge in [-0.25, -0.2) is 4.98 Å². The molecule has 0 aromatic carbocycles. The molecule has 110 valence electrons. The van der Waals surface area contributed by atoms with E-state index in [1.165, 1.54) is 16.2 Å². The number of nitrogens with one attached hydrogen (secondary N) is 1. The first-order chi connectivity index (χ1) is 9.79. The van der Waals surface area contributed by atoms with Crippen LogP contribution in [0.1, 0.15) is 15.6 Å². The molecular formula is C12H18N4O2S2. The Labute approximate surface area is 126 Å². The number of thiazole rings is 1. The van der Waals surface area contributed by atoms with Gasteiger partial charge in [0.2, 0.25) is 0 Å². The van der Waals surface area contributed by atoms with Crippen LogP contribution in [-0.4, -0.2) is 42.0 Å². The van der Waals surface area contributed by atoms with Gasteiger partial charge < -0.3 is 14.8 Å². The van der Waals surface area contributed by atoms with Crippen molar-refractivity contribution in [2.24, 2.45) is 0 Å². The Morgan fingerprint density at radius 3 is 2.95 bits per heavy atom. The summed E-state index contributed by atoms with van der Waals surface area (Å²) in [4.78, 5) is 5.47. The summed E-state index contributed by atoms with van der Waals surface area (Å²) in [7, 11) is 1.68. The predicted octanol–water partition coefficient (Wildman–Crippen LogP) is 1.66. The third-order valence-electron chi connectivity index (χ3n) is 2.61. The molecule has 2 aromatic rings. The van der Waals surface area contributed by atoms with E-state index in [9.17, 15) is 0 Å². The molecule has 0 aliphatic carbocycles. The lowest BCUT2D eigenvalue weighted by Crippen LogP contribution is -2.18. The van der Waals surface area contributed by atoms with Gasteiger partial charge in [-0.2, -0.15) is 0 Å². The van der Waals surface area contributed by atoms with Crippen LogP contribution in [0.4, 0.5) is 0 Å². The standard InChI is InChI=1S/C12H18N4O2S2/c1-9-10(19-8-14-9)3-5-18-12-16-15-11(20-12)7-13-4-6-17-2/h8,13H,3-7H2,1-2H3. The van der Waals surface area contributed by atoms with Crippen LogP contribution in [0, 0.1) is 6.92 Å². The minimum atomic E-state index is 0.606. The highest BCUT2D eigenvalue weighted by molar-refractivity contribution is 7.13. The van der Waals surface area contributed by atoms with Gasteiger partial charge in [0.05, 0.1) is 24.4 Å². The number of aromatic nitrogens is 3. The van der Waals surface area contributed by atoms with Crippen molar-refractivity contribution < 1.29 is 9.47 Å². The maximum Gasteiger partial charge on any atom is 0.294 e. The van der Waals surface area contributed by atoms with E-state index in [0.717, 1.165) is 23.7 Å². The lowest BCUT2D eigenvalue weighted by atomic mass is 10.3. The quantitative estimate of drug-likeness (QED) is 0.710. The average Bonchev–Trinajstić information content (AvgIpc) is 3.05. The van der Waals surface area contributed by atoms with Gasteiger partial charge in [-0.15, -0.1) is 21.5 Å². The summed E-state index contributed by atoms with van der Waals surface area (Å²) in [6.45, 7) is 4.81. The predicted molar refractivity (Wildman–Crippen MR) is 79.5 cm³/mol. The average molecular weight is 314 g/mol. The van der Waals surface area contributed by atoms with Crippen LogP contribution in [-0.2, 0) is 17.7 Å². The van der Waals surface area contributed by atoms with E-state index >= 15 is 0 Å². The second-order valence-electron chi connectivity index (χ2n) is 4.09. The maximum atomic E-state index is 5.61. The molecule has 0 spiro atoms. The highest BCUT2D eigenvalue weighted by atomic mass is 32.1. The summed E-state index contributed by atoms with van der Waals surface area (Å²) in [5.41, 5.74) is 2.94. The van der Waals surface area contributed by atoms with Crippen molar-refractivity contribution in [1.29, 1.82) is 0 Å². The highest BCUT2D eigenvalue weighted by Crippen LogP contribution is 2.19. The first kappa shape index (κ1) is 15.3. The van der Waals surface area contributed by atoms with Gasteiger partial charge in [-0.05, 0) is 6.92 Å². The number of nitrogens with zero attached hydrogens (tertiary/aromatic N) is 3. The molecule has 0 saturated carbocycles. The summed E-state index contributed by atoms with van der Waals surface area (Å²) in [5.74, 6) is 0. The van der Waals surface area contributed by atoms with E-state index in [-0.39, 0.29) is 0 Å². The number of rotatable bonds is 9. The highest BCUT2D eigenvalue weighted by Gasteiger charge is 2.06. The summed E-state index contributed by atoms with van der Waals surface area (Å²) in [5, 5.41) is 12.9. The van der Waals surface area contributed by atoms with E-state index in [4.69, 9.17) is 9.47 Å². The van der Waals surface area contributed by atoms with Crippen molar-refractivity contribution in [3.63, 3.8) is 0 Å². The minimum Gasteiger partial charge on any atom is -0.469 e. The Bertz CT molecular complexity index is 515. The molecule has 0 bridgehead atoms. The fourth-order valence-electron chi connectivity index (χ4n) is 1.53. The van der Waals surface area contributed by atoms with Crippen LogP contribution in [0.2, 0.25) is 0 Å². The first-order valence-electron chi connectivity index (χ1n) is 6.33. The maximum absolute atomic E-state index is 5.61. The molecule has 2 aromatic heterocycles. The van der Waals surface area contributed by atoms with Crippen LogP contribution < -0.4 is 10.1 Å². The summed E-state index contributed by atoms with van der Waals surface area (Å²) >= 11 is 3.13. The molecule has 0 unspecified atom stereocenters. The molecule has 20 heavy (non-hydrogen) atoms. The monoisotopic (exact) mass is 314 g/mol. The summed E-state index contributed by atoms with van der Waals surface area (Å²) in [6.07, 6.45) is 0.859. The van der Waals surface area contributed by atoms with Crippen molar-refractivity contribution >= 4 is 22.7 Å². The van der Waals surface area contributed by atoms with Crippen LogP contribution in [0.25, 0.3) is 0 Å². The van der Waals surface area contributed by atoms with E-state index in [0.29, 0.717) is 25.0 Å². The largest absolute Gasteiger partial charge is 0.469 e. The molecule has 8 heteroatoms. The molecule has 0 radical (unpaired) electrons. The third kappa shape index (κ3) is 4.78. The Balaban J connectivity index is 1.69. The molecule has 0 aliphatic heterocycles. The molecule has 0 fully saturated rings. The smallest absolute Gasteiger partial charge is 0.294 e. The third-order valence-corrected chi connectivity index (χ3v) is 4.44.